The number of piperidine rings is 1. The highest BCUT2D eigenvalue weighted by Crippen LogP contribution is 2.44. The third-order valence-corrected chi connectivity index (χ3v) is 5.77. The standard InChI is InChI=1S/C21H27BN2O2/c1-2-3-11-21(22,20(25)26)18-9-13-24(14-10-18)15-17-7-4-6-16-8-5-12-23-19(16)17/h4-8,12,18H,2-3,9-11,13-15H2,1H3,(H,25,26). The number of nitrogens with zero attached hydrogens (tertiary/aromatic N) is 2. The van der Waals surface area contributed by atoms with Gasteiger partial charge < -0.3 is 5.11 Å². The van der Waals surface area contributed by atoms with Crippen molar-refractivity contribution in [2.24, 2.45) is 5.92 Å². The fourth-order valence-electron chi connectivity index (χ4n) is 4.10. The molecule has 0 amide bonds. The monoisotopic (exact) mass is 350 g/mol. The van der Waals surface area contributed by atoms with Crippen LogP contribution in [-0.4, -0.2) is 41.9 Å². The van der Waals surface area contributed by atoms with Gasteiger partial charge in [0.15, 0.2) is 0 Å². The number of carboxylic acid groups (broad SMARTS) is 1. The number of aromatic nitrogens is 1. The minimum atomic E-state index is -1.08. The number of rotatable bonds is 7. The minimum Gasteiger partial charge on any atom is -0.481 e. The molecule has 136 valence electrons. The summed E-state index contributed by atoms with van der Waals surface area (Å²) in [5, 5.41) is 9.76. The van der Waals surface area contributed by atoms with E-state index in [1.165, 1.54) is 5.56 Å². The van der Waals surface area contributed by atoms with E-state index in [-0.39, 0.29) is 5.92 Å². The summed E-state index contributed by atoms with van der Waals surface area (Å²) in [5.41, 5.74) is 2.28. The van der Waals surface area contributed by atoms with Crippen LogP contribution in [0.4, 0.5) is 0 Å². The van der Waals surface area contributed by atoms with Crippen LogP contribution in [0.3, 0.4) is 0 Å². The fraction of sp³-hybridized carbons (Fsp3) is 0.524. The summed E-state index contributed by atoms with van der Waals surface area (Å²) >= 11 is 0. The summed E-state index contributed by atoms with van der Waals surface area (Å²) in [5.74, 6) is -0.795. The summed E-state index contributed by atoms with van der Waals surface area (Å²) in [4.78, 5) is 18.7. The van der Waals surface area contributed by atoms with E-state index in [1.54, 1.807) is 0 Å². The maximum absolute atomic E-state index is 11.8. The van der Waals surface area contributed by atoms with Crippen LogP contribution in [0.5, 0.6) is 0 Å². The molecule has 1 aliphatic rings. The maximum atomic E-state index is 11.8. The van der Waals surface area contributed by atoms with Gasteiger partial charge in [0.1, 0.15) is 0 Å². The molecule has 1 atom stereocenters. The number of carboxylic acids is 1. The second kappa shape index (κ2) is 8.21. The SMILES string of the molecule is [B]C(CCCC)(C(=O)O)C1CCN(Cc2cccc3cccnc23)CC1. The van der Waals surface area contributed by atoms with Crippen molar-refractivity contribution in [1.82, 2.24) is 9.88 Å². The Morgan fingerprint density at radius 3 is 2.73 bits per heavy atom. The lowest BCUT2D eigenvalue weighted by Crippen LogP contribution is -2.41. The quantitative estimate of drug-likeness (QED) is 0.766. The van der Waals surface area contributed by atoms with Crippen molar-refractivity contribution in [3.8, 4) is 0 Å². The molecular formula is C21H27BN2O2. The van der Waals surface area contributed by atoms with E-state index >= 15 is 0 Å². The van der Waals surface area contributed by atoms with Crippen molar-refractivity contribution in [2.75, 3.05) is 13.1 Å². The van der Waals surface area contributed by atoms with Gasteiger partial charge in [0.05, 0.1) is 13.4 Å². The third kappa shape index (κ3) is 3.93. The number of likely N-dealkylation sites (tertiary alicyclic amines) is 1. The molecule has 1 aromatic carbocycles. The average molecular weight is 350 g/mol. The zero-order valence-corrected chi connectivity index (χ0v) is 15.5. The Morgan fingerprint density at radius 1 is 1.31 bits per heavy atom. The number of benzene rings is 1. The molecule has 4 nitrogen and oxygen atoms in total. The van der Waals surface area contributed by atoms with Crippen LogP contribution >= 0.6 is 0 Å². The minimum absolute atomic E-state index is 0.0495. The Balaban J connectivity index is 1.65. The fourth-order valence-corrected chi connectivity index (χ4v) is 4.10. The third-order valence-electron chi connectivity index (χ3n) is 5.77. The van der Waals surface area contributed by atoms with Gasteiger partial charge in [-0.05, 0) is 49.9 Å². The lowest BCUT2D eigenvalue weighted by Gasteiger charge is -2.41. The van der Waals surface area contributed by atoms with Crippen LogP contribution in [0.15, 0.2) is 36.5 Å². The summed E-state index contributed by atoms with van der Waals surface area (Å²) in [6, 6.07) is 10.3. The zero-order valence-electron chi connectivity index (χ0n) is 15.5. The van der Waals surface area contributed by atoms with Crippen molar-refractivity contribution in [1.29, 1.82) is 0 Å². The van der Waals surface area contributed by atoms with Crippen LogP contribution in [0, 0.1) is 5.92 Å². The first-order chi connectivity index (χ1) is 12.5. The first kappa shape index (κ1) is 18.9. The number of fused-ring (bicyclic) bond motifs is 1. The summed E-state index contributed by atoms with van der Waals surface area (Å²) in [7, 11) is 6.35. The van der Waals surface area contributed by atoms with Gasteiger partial charge in [-0.15, -0.1) is 0 Å². The van der Waals surface area contributed by atoms with E-state index in [0.29, 0.717) is 6.42 Å². The topological polar surface area (TPSA) is 53.4 Å². The molecule has 0 saturated carbocycles. The number of pyridine rings is 1. The first-order valence-corrected chi connectivity index (χ1v) is 9.62. The normalized spacial score (nSPS) is 18.7. The molecule has 1 N–H and O–H groups in total. The summed E-state index contributed by atoms with van der Waals surface area (Å²) < 4.78 is 0. The Morgan fingerprint density at radius 2 is 2.04 bits per heavy atom. The van der Waals surface area contributed by atoms with Crippen LogP contribution in [-0.2, 0) is 11.3 Å². The van der Waals surface area contributed by atoms with E-state index < -0.39 is 11.3 Å². The maximum Gasteiger partial charge on any atom is 0.300 e. The van der Waals surface area contributed by atoms with Crippen LogP contribution in [0.25, 0.3) is 10.9 Å². The lowest BCUT2D eigenvalue weighted by molar-refractivity contribution is -0.143. The molecule has 0 aliphatic carbocycles. The highest BCUT2D eigenvalue weighted by Gasteiger charge is 2.41. The molecule has 1 unspecified atom stereocenters. The summed E-state index contributed by atoms with van der Waals surface area (Å²) in [6.45, 7) is 4.68. The average Bonchev–Trinajstić information content (AvgIpc) is 2.67. The van der Waals surface area contributed by atoms with Crippen molar-refractivity contribution in [3.05, 3.63) is 42.1 Å². The zero-order chi connectivity index (χ0) is 18.6. The Labute approximate surface area is 157 Å². The molecule has 3 rings (SSSR count). The van der Waals surface area contributed by atoms with Gasteiger partial charge in [-0.3, -0.25) is 14.7 Å². The molecule has 1 aliphatic heterocycles. The van der Waals surface area contributed by atoms with E-state index in [9.17, 15) is 9.90 Å². The number of para-hydroxylation sites is 1. The smallest absolute Gasteiger partial charge is 0.300 e. The van der Waals surface area contributed by atoms with Crippen molar-refractivity contribution >= 4 is 24.7 Å². The molecule has 2 aromatic rings. The number of carbonyl (C=O) groups is 1. The largest absolute Gasteiger partial charge is 0.481 e. The van der Waals surface area contributed by atoms with E-state index in [0.717, 1.165) is 56.2 Å². The molecular weight excluding hydrogens is 323 g/mol. The van der Waals surface area contributed by atoms with Gasteiger partial charge in [-0.1, -0.05) is 44.0 Å². The van der Waals surface area contributed by atoms with Crippen LogP contribution in [0.2, 0.25) is 5.31 Å². The number of unbranched alkanes of at least 4 members (excludes halogenated alkanes) is 1. The highest BCUT2D eigenvalue weighted by atomic mass is 16.4. The Bertz CT molecular complexity index is 753. The molecule has 5 heteroatoms. The second-order valence-electron chi connectivity index (χ2n) is 7.49. The van der Waals surface area contributed by atoms with Gasteiger partial charge >= 0.3 is 5.97 Å². The van der Waals surface area contributed by atoms with Gasteiger partial charge in [0.2, 0.25) is 0 Å². The van der Waals surface area contributed by atoms with E-state index in [2.05, 4.69) is 41.1 Å². The van der Waals surface area contributed by atoms with E-state index in [4.69, 9.17) is 7.85 Å². The Kier molecular flexibility index (Phi) is 5.97. The van der Waals surface area contributed by atoms with E-state index in [1.807, 2.05) is 12.3 Å². The highest BCUT2D eigenvalue weighted by molar-refractivity contribution is 6.27. The number of hydrogen-bond acceptors (Lipinski definition) is 3. The molecule has 2 radical (unpaired) electrons. The molecule has 2 heterocycles. The molecule has 1 fully saturated rings. The summed E-state index contributed by atoms with van der Waals surface area (Å²) in [6.07, 6.45) is 5.91. The van der Waals surface area contributed by atoms with Crippen LogP contribution in [0.1, 0.15) is 44.6 Å². The van der Waals surface area contributed by atoms with Crippen molar-refractivity contribution in [3.63, 3.8) is 0 Å². The Hall–Kier alpha value is -1.88. The first-order valence-electron chi connectivity index (χ1n) is 9.62. The van der Waals surface area contributed by atoms with Crippen LogP contribution < -0.4 is 0 Å². The lowest BCUT2D eigenvalue weighted by atomic mass is 9.56. The van der Waals surface area contributed by atoms with Gasteiger partial charge in [0.25, 0.3) is 0 Å². The molecule has 0 spiro atoms. The molecule has 1 aromatic heterocycles. The molecule has 0 bridgehead atoms. The van der Waals surface area contributed by atoms with Crippen molar-refractivity contribution in [2.45, 2.75) is 50.9 Å². The molecule has 1 saturated heterocycles. The number of hydrogen-bond donors (Lipinski definition) is 1. The second-order valence-corrected chi connectivity index (χ2v) is 7.49. The van der Waals surface area contributed by atoms with Crippen molar-refractivity contribution < 1.29 is 9.90 Å². The predicted octanol–water partition coefficient (Wildman–Crippen LogP) is 4.05. The molecule has 26 heavy (non-hydrogen) atoms. The van der Waals surface area contributed by atoms with Gasteiger partial charge in [-0.2, -0.15) is 0 Å². The van der Waals surface area contributed by atoms with Gasteiger partial charge in [0, 0.05) is 23.4 Å². The van der Waals surface area contributed by atoms with Gasteiger partial charge in [-0.25, -0.2) is 0 Å². The number of aliphatic carboxylic acids is 1. The predicted molar refractivity (Wildman–Crippen MR) is 105 cm³/mol.